The average molecular weight is 514 g/mol. The second-order valence-electron chi connectivity index (χ2n) is 11.2. The highest BCUT2D eigenvalue weighted by atomic mass is 15.3. The zero-order valence-corrected chi connectivity index (χ0v) is 22.5. The van der Waals surface area contributed by atoms with Gasteiger partial charge in [0.25, 0.3) is 0 Å². The van der Waals surface area contributed by atoms with E-state index in [-0.39, 0.29) is 5.41 Å². The average Bonchev–Trinajstić information content (AvgIpc) is 3.24. The van der Waals surface area contributed by atoms with Crippen molar-refractivity contribution >= 4 is 49.6 Å². The quantitative estimate of drug-likeness (QED) is 0.219. The van der Waals surface area contributed by atoms with E-state index in [2.05, 4.69) is 128 Å². The molecule has 6 aromatic carbocycles. The first-order valence-electron chi connectivity index (χ1n) is 13.8. The molecule has 7 aromatic rings. The van der Waals surface area contributed by atoms with E-state index in [9.17, 15) is 0 Å². The standard InChI is InChI=1S/C37H27N3/c1-37(2)31-16-8-12-25-18-19-26-20-27(21-32(37)35(26)34(25)31)28-22-38-36(39-23-28)40(29-13-4-3-5-14-29)33-17-9-11-24-10-6-7-15-30(24)33/h3-23H,1-2H3. The summed E-state index contributed by atoms with van der Waals surface area (Å²) in [5.74, 6) is 0.645. The third-order valence-corrected chi connectivity index (χ3v) is 8.50. The molecule has 0 amide bonds. The molecule has 0 radical (unpaired) electrons. The number of nitrogens with zero attached hydrogens (tertiary/aromatic N) is 3. The molecule has 190 valence electrons. The maximum absolute atomic E-state index is 4.95. The first-order chi connectivity index (χ1) is 19.6. The number of benzene rings is 6. The van der Waals surface area contributed by atoms with Crippen LogP contribution >= 0.6 is 0 Å². The molecular weight excluding hydrogens is 486 g/mol. The summed E-state index contributed by atoms with van der Waals surface area (Å²) in [6.07, 6.45) is 3.93. The van der Waals surface area contributed by atoms with Gasteiger partial charge in [0.05, 0.1) is 5.69 Å². The van der Waals surface area contributed by atoms with E-state index >= 15 is 0 Å². The van der Waals surface area contributed by atoms with Gasteiger partial charge < -0.3 is 0 Å². The molecule has 1 heterocycles. The van der Waals surface area contributed by atoms with E-state index in [1.54, 1.807) is 0 Å². The normalized spacial score (nSPS) is 13.4. The molecule has 0 saturated heterocycles. The Morgan fingerprint density at radius 3 is 2.08 bits per heavy atom. The zero-order chi connectivity index (χ0) is 26.8. The van der Waals surface area contributed by atoms with Crippen LogP contribution in [-0.4, -0.2) is 9.97 Å². The second kappa shape index (κ2) is 8.49. The summed E-state index contributed by atoms with van der Waals surface area (Å²) in [7, 11) is 0. The van der Waals surface area contributed by atoms with Crippen LogP contribution in [0.4, 0.5) is 17.3 Å². The van der Waals surface area contributed by atoms with Crippen molar-refractivity contribution in [1.82, 2.24) is 9.97 Å². The molecule has 40 heavy (non-hydrogen) atoms. The molecule has 1 aliphatic rings. The van der Waals surface area contributed by atoms with Gasteiger partial charge in [-0.2, -0.15) is 0 Å². The number of rotatable bonds is 4. The highest BCUT2D eigenvalue weighted by molar-refractivity contribution is 6.15. The van der Waals surface area contributed by atoms with Gasteiger partial charge in [-0.3, -0.25) is 4.90 Å². The lowest BCUT2D eigenvalue weighted by atomic mass is 9.81. The molecule has 0 saturated carbocycles. The van der Waals surface area contributed by atoms with E-state index in [4.69, 9.17) is 9.97 Å². The highest BCUT2D eigenvalue weighted by Gasteiger charge is 2.34. The van der Waals surface area contributed by atoms with Gasteiger partial charge in [0.2, 0.25) is 5.95 Å². The van der Waals surface area contributed by atoms with Crippen LogP contribution in [0.3, 0.4) is 0 Å². The Labute approximate surface area is 233 Å². The van der Waals surface area contributed by atoms with Gasteiger partial charge in [0.15, 0.2) is 0 Å². The summed E-state index contributed by atoms with van der Waals surface area (Å²) in [6, 6.07) is 41.0. The van der Waals surface area contributed by atoms with Gasteiger partial charge >= 0.3 is 0 Å². The summed E-state index contributed by atoms with van der Waals surface area (Å²) in [5.41, 5.74) is 6.95. The lowest BCUT2D eigenvalue weighted by molar-refractivity contribution is 0.663. The number of aromatic nitrogens is 2. The second-order valence-corrected chi connectivity index (χ2v) is 11.2. The largest absolute Gasteiger partial charge is 0.279 e. The van der Waals surface area contributed by atoms with Crippen molar-refractivity contribution in [3.05, 3.63) is 139 Å². The molecule has 0 unspecified atom stereocenters. The molecule has 0 fully saturated rings. The maximum atomic E-state index is 4.95. The summed E-state index contributed by atoms with van der Waals surface area (Å²) >= 11 is 0. The fourth-order valence-corrected chi connectivity index (χ4v) is 6.50. The van der Waals surface area contributed by atoms with Gasteiger partial charge in [0.1, 0.15) is 0 Å². The molecule has 0 bridgehead atoms. The van der Waals surface area contributed by atoms with Gasteiger partial charge in [-0.25, -0.2) is 9.97 Å². The van der Waals surface area contributed by atoms with Crippen LogP contribution in [0.2, 0.25) is 0 Å². The summed E-state index contributed by atoms with van der Waals surface area (Å²) in [6.45, 7) is 4.67. The molecule has 1 aliphatic carbocycles. The first-order valence-corrected chi connectivity index (χ1v) is 13.8. The molecule has 0 N–H and O–H groups in total. The summed E-state index contributed by atoms with van der Waals surface area (Å²) in [5, 5.41) is 7.70. The minimum absolute atomic E-state index is 0.0588. The Hall–Kier alpha value is -5.02. The molecule has 3 nitrogen and oxygen atoms in total. The fraction of sp³-hybridized carbons (Fsp3) is 0.0811. The molecular formula is C37H27N3. The minimum atomic E-state index is -0.0588. The predicted molar refractivity (Wildman–Crippen MR) is 167 cm³/mol. The van der Waals surface area contributed by atoms with Crippen molar-refractivity contribution in [2.24, 2.45) is 0 Å². The molecule has 0 atom stereocenters. The molecule has 8 rings (SSSR count). The maximum Gasteiger partial charge on any atom is 0.234 e. The fourth-order valence-electron chi connectivity index (χ4n) is 6.50. The number of para-hydroxylation sites is 1. The van der Waals surface area contributed by atoms with E-state index in [0.29, 0.717) is 5.95 Å². The van der Waals surface area contributed by atoms with Gasteiger partial charge in [0, 0.05) is 34.4 Å². The SMILES string of the molecule is CC1(C)c2cccc3ccc4cc(-c5cnc(N(c6ccccc6)c6cccc7ccccc67)nc5)cc1c4c23. The zero-order valence-electron chi connectivity index (χ0n) is 22.5. The van der Waals surface area contributed by atoms with Crippen molar-refractivity contribution in [2.45, 2.75) is 19.3 Å². The Kier molecular flexibility index (Phi) is 4.86. The summed E-state index contributed by atoms with van der Waals surface area (Å²) < 4.78 is 0. The van der Waals surface area contributed by atoms with Crippen molar-refractivity contribution in [1.29, 1.82) is 0 Å². The highest BCUT2D eigenvalue weighted by Crippen LogP contribution is 2.50. The third kappa shape index (κ3) is 3.31. The van der Waals surface area contributed by atoms with Crippen molar-refractivity contribution in [3.63, 3.8) is 0 Å². The molecule has 0 aliphatic heterocycles. The summed E-state index contributed by atoms with van der Waals surface area (Å²) in [4.78, 5) is 12.0. The van der Waals surface area contributed by atoms with Crippen LogP contribution in [0.1, 0.15) is 25.0 Å². The third-order valence-electron chi connectivity index (χ3n) is 8.50. The molecule has 0 spiro atoms. The lowest BCUT2D eigenvalue weighted by Crippen LogP contribution is -2.15. The van der Waals surface area contributed by atoms with Crippen molar-refractivity contribution in [3.8, 4) is 11.1 Å². The van der Waals surface area contributed by atoms with E-state index in [1.165, 1.54) is 38.1 Å². The molecule has 1 aromatic heterocycles. The van der Waals surface area contributed by atoms with E-state index < -0.39 is 0 Å². The Bertz CT molecular complexity index is 2070. The number of hydrogen-bond donors (Lipinski definition) is 0. The minimum Gasteiger partial charge on any atom is -0.279 e. The van der Waals surface area contributed by atoms with Crippen LogP contribution < -0.4 is 4.90 Å². The Morgan fingerprint density at radius 2 is 1.23 bits per heavy atom. The van der Waals surface area contributed by atoms with Crippen LogP contribution in [0.15, 0.2) is 128 Å². The van der Waals surface area contributed by atoms with Crippen LogP contribution in [0.25, 0.3) is 43.4 Å². The van der Waals surface area contributed by atoms with Crippen LogP contribution in [0, 0.1) is 0 Å². The van der Waals surface area contributed by atoms with Crippen LogP contribution in [-0.2, 0) is 5.41 Å². The monoisotopic (exact) mass is 513 g/mol. The van der Waals surface area contributed by atoms with Crippen molar-refractivity contribution < 1.29 is 0 Å². The molecule has 3 heteroatoms. The number of anilines is 3. The van der Waals surface area contributed by atoms with E-state index in [0.717, 1.165) is 27.9 Å². The van der Waals surface area contributed by atoms with E-state index in [1.807, 2.05) is 18.5 Å². The number of fused-ring (bicyclic) bond motifs is 1. The topological polar surface area (TPSA) is 29.0 Å². The van der Waals surface area contributed by atoms with Gasteiger partial charge in [-0.1, -0.05) is 98.8 Å². The van der Waals surface area contributed by atoms with Gasteiger partial charge in [-0.05, 0) is 74.0 Å². The lowest BCUT2D eigenvalue weighted by Gasteiger charge is -2.25. The number of hydrogen-bond acceptors (Lipinski definition) is 3. The first kappa shape index (κ1) is 22.9. The Balaban J connectivity index is 1.26. The van der Waals surface area contributed by atoms with Crippen LogP contribution in [0.5, 0.6) is 0 Å². The Morgan fingerprint density at radius 1 is 0.550 bits per heavy atom. The van der Waals surface area contributed by atoms with Gasteiger partial charge in [-0.15, -0.1) is 0 Å². The predicted octanol–water partition coefficient (Wildman–Crippen LogP) is 9.71. The smallest absolute Gasteiger partial charge is 0.234 e. The van der Waals surface area contributed by atoms with Crippen molar-refractivity contribution in [2.75, 3.05) is 4.90 Å².